The van der Waals surface area contributed by atoms with Crippen LogP contribution in [-0.2, 0) is 22.6 Å². The lowest BCUT2D eigenvalue weighted by Crippen LogP contribution is -2.53. The van der Waals surface area contributed by atoms with E-state index >= 15 is 0 Å². The second-order valence-electron chi connectivity index (χ2n) is 10.9. The smallest absolute Gasteiger partial charge is 0.410 e. The van der Waals surface area contributed by atoms with Crippen LogP contribution in [0.5, 0.6) is 0 Å². The topological polar surface area (TPSA) is 106 Å². The van der Waals surface area contributed by atoms with Crippen LogP contribution in [0, 0.1) is 5.41 Å². The van der Waals surface area contributed by atoms with Gasteiger partial charge in [-0.3, -0.25) is 9.59 Å². The first-order valence-corrected chi connectivity index (χ1v) is 12.0. The maximum atomic E-state index is 13.6. The summed E-state index contributed by atoms with van der Waals surface area (Å²) in [5.41, 5.74) is 0.549. The van der Waals surface area contributed by atoms with Crippen LogP contribution in [0.4, 0.5) is 4.79 Å². The van der Waals surface area contributed by atoms with Crippen LogP contribution >= 0.6 is 0 Å². The molecule has 9 heteroatoms. The fraction of sp³-hybridized carbons (Fsp3) is 0.538. The molecule has 1 aromatic carbocycles. The van der Waals surface area contributed by atoms with E-state index in [2.05, 4.69) is 10.6 Å². The number of benzene rings is 1. The van der Waals surface area contributed by atoms with Gasteiger partial charge in [0.15, 0.2) is 5.69 Å². The standard InChI is InChI=1S/C26H37N5O4/c1-25(2,3)20(23(33)27-7)29-22(32)19-18-16-30(24(34)35-26(4,5)6)14-11-15-31(18)21(28-19)17-12-9-8-10-13-17/h8-10,12-13,20H,11,14-16H2,1-7H3,(H,27,33)(H,29,32). The molecule has 1 unspecified atom stereocenters. The third kappa shape index (κ3) is 6.21. The van der Waals surface area contributed by atoms with E-state index < -0.39 is 29.1 Å². The van der Waals surface area contributed by atoms with Gasteiger partial charge in [0.05, 0.1) is 12.2 Å². The quantitative estimate of drug-likeness (QED) is 0.692. The Morgan fingerprint density at radius 3 is 2.26 bits per heavy atom. The molecule has 3 amide bonds. The van der Waals surface area contributed by atoms with E-state index in [0.29, 0.717) is 31.0 Å². The van der Waals surface area contributed by atoms with Gasteiger partial charge in [-0.25, -0.2) is 9.78 Å². The minimum Gasteiger partial charge on any atom is -0.444 e. The Morgan fingerprint density at radius 2 is 1.69 bits per heavy atom. The van der Waals surface area contributed by atoms with Crippen LogP contribution in [0.25, 0.3) is 11.4 Å². The summed E-state index contributed by atoms with van der Waals surface area (Å²) in [7, 11) is 1.54. The summed E-state index contributed by atoms with van der Waals surface area (Å²) in [4.78, 5) is 45.3. The highest BCUT2D eigenvalue weighted by Crippen LogP contribution is 2.28. The molecule has 2 heterocycles. The van der Waals surface area contributed by atoms with Crippen molar-refractivity contribution in [2.75, 3.05) is 13.6 Å². The van der Waals surface area contributed by atoms with E-state index in [1.165, 1.54) is 0 Å². The maximum Gasteiger partial charge on any atom is 0.410 e. The zero-order chi connectivity index (χ0) is 26.0. The first kappa shape index (κ1) is 26.2. The highest BCUT2D eigenvalue weighted by molar-refractivity contribution is 5.98. The Bertz CT molecular complexity index is 1080. The van der Waals surface area contributed by atoms with Crippen LogP contribution in [0.3, 0.4) is 0 Å². The van der Waals surface area contributed by atoms with E-state index in [0.717, 1.165) is 5.56 Å². The molecule has 0 fully saturated rings. The molecule has 1 aliphatic rings. The van der Waals surface area contributed by atoms with Gasteiger partial charge < -0.3 is 24.8 Å². The van der Waals surface area contributed by atoms with Gasteiger partial charge in [0.2, 0.25) is 5.91 Å². The van der Waals surface area contributed by atoms with Crippen molar-refractivity contribution in [3.05, 3.63) is 41.7 Å². The van der Waals surface area contributed by atoms with Crippen molar-refractivity contribution in [1.29, 1.82) is 0 Å². The summed E-state index contributed by atoms with van der Waals surface area (Å²) >= 11 is 0. The van der Waals surface area contributed by atoms with Gasteiger partial charge in [-0.1, -0.05) is 51.1 Å². The first-order valence-electron chi connectivity index (χ1n) is 12.0. The molecule has 1 aromatic heterocycles. The normalized spacial score (nSPS) is 15.0. The van der Waals surface area contributed by atoms with Crippen LogP contribution in [-0.4, -0.2) is 57.6 Å². The average Bonchev–Trinajstić information content (AvgIpc) is 2.98. The lowest BCUT2D eigenvalue weighted by Gasteiger charge is -2.30. The van der Waals surface area contributed by atoms with Crippen LogP contribution in [0.1, 0.15) is 64.1 Å². The number of rotatable bonds is 4. The van der Waals surface area contributed by atoms with E-state index in [9.17, 15) is 14.4 Å². The first-order chi connectivity index (χ1) is 16.3. The maximum absolute atomic E-state index is 13.6. The number of amides is 3. The zero-order valence-corrected chi connectivity index (χ0v) is 21.8. The molecule has 0 aliphatic carbocycles. The second kappa shape index (κ2) is 10.1. The molecule has 3 rings (SSSR count). The van der Waals surface area contributed by atoms with Gasteiger partial charge in [0.1, 0.15) is 17.5 Å². The van der Waals surface area contributed by atoms with Crippen LogP contribution in [0.15, 0.2) is 30.3 Å². The summed E-state index contributed by atoms with van der Waals surface area (Å²) in [5.74, 6) is -0.0793. The predicted molar refractivity (Wildman–Crippen MR) is 134 cm³/mol. The number of carbonyl (C=O) groups is 3. The van der Waals surface area contributed by atoms with Gasteiger partial charge in [0, 0.05) is 25.7 Å². The van der Waals surface area contributed by atoms with Crippen molar-refractivity contribution in [3.63, 3.8) is 0 Å². The molecule has 190 valence electrons. The van der Waals surface area contributed by atoms with Gasteiger partial charge in [0.25, 0.3) is 5.91 Å². The van der Waals surface area contributed by atoms with Crippen LogP contribution < -0.4 is 10.6 Å². The molecular formula is C26H37N5O4. The summed E-state index contributed by atoms with van der Waals surface area (Å²) < 4.78 is 7.60. The van der Waals surface area contributed by atoms with E-state index in [1.54, 1.807) is 11.9 Å². The molecular weight excluding hydrogens is 446 g/mol. The van der Waals surface area contributed by atoms with Gasteiger partial charge in [-0.2, -0.15) is 0 Å². The molecule has 2 aromatic rings. The number of carbonyl (C=O) groups excluding carboxylic acids is 3. The van der Waals surface area contributed by atoms with Crippen molar-refractivity contribution in [1.82, 2.24) is 25.1 Å². The number of hydrogen-bond acceptors (Lipinski definition) is 5. The fourth-order valence-corrected chi connectivity index (χ4v) is 4.06. The van der Waals surface area contributed by atoms with Crippen molar-refractivity contribution in [2.45, 2.75) is 72.7 Å². The highest BCUT2D eigenvalue weighted by atomic mass is 16.6. The van der Waals surface area contributed by atoms with Crippen molar-refractivity contribution in [3.8, 4) is 11.4 Å². The number of imidazole rings is 1. The largest absolute Gasteiger partial charge is 0.444 e. The fourth-order valence-electron chi connectivity index (χ4n) is 4.06. The molecule has 1 atom stereocenters. The van der Waals surface area contributed by atoms with E-state index in [4.69, 9.17) is 9.72 Å². The van der Waals surface area contributed by atoms with E-state index in [-0.39, 0.29) is 18.1 Å². The number of nitrogens with one attached hydrogen (secondary N) is 2. The molecule has 1 aliphatic heterocycles. The Labute approximate surface area is 207 Å². The number of fused-ring (bicyclic) bond motifs is 1. The van der Waals surface area contributed by atoms with Gasteiger partial charge in [-0.05, 0) is 32.6 Å². The third-order valence-corrected chi connectivity index (χ3v) is 5.77. The Balaban J connectivity index is 2.05. The Kier molecular flexibility index (Phi) is 7.57. The molecule has 0 radical (unpaired) electrons. The van der Waals surface area contributed by atoms with Crippen molar-refractivity contribution >= 4 is 17.9 Å². The summed E-state index contributed by atoms with van der Waals surface area (Å²) in [6.07, 6.45) is 0.254. The number of ether oxygens (including phenoxy) is 1. The number of hydrogen-bond donors (Lipinski definition) is 2. The number of likely N-dealkylation sites (N-methyl/N-ethyl adjacent to an activating group) is 1. The van der Waals surface area contributed by atoms with Crippen LogP contribution in [0.2, 0.25) is 0 Å². The zero-order valence-electron chi connectivity index (χ0n) is 21.8. The molecule has 0 saturated carbocycles. The molecule has 9 nitrogen and oxygen atoms in total. The monoisotopic (exact) mass is 483 g/mol. The molecule has 2 N–H and O–H groups in total. The van der Waals surface area contributed by atoms with Gasteiger partial charge >= 0.3 is 6.09 Å². The Morgan fingerprint density at radius 1 is 1.03 bits per heavy atom. The summed E-state index contributed by atoms with van der Waals surface area (Å²) in [6.45, 7) is 12.4. The SMILES string of the molecule is CNC(=O)C(NC(=O)c1nc(-c2ccccc2)n2c1CN(C(=O)OC(C)(C)C)CCC2)C(C)(C)C. The second-order valence-corrected chi connectivity index (χ2v) is 10.9. The molecule has 35 heavy (non-hydrogen) atoms. The lowest BCUT2D eigenvalue weighted by molar-refractivity contribution is -0.124. The number of aromatic nitrogens is 2. The Hall–Kier alpha value is -3.36. The summed E-state index contributed by atoms with van der Waals surface area (Å²) in [6, 6.07) is 8.88. The van der Waals surface area contributed by atoms with Crippen molar-refractivity contribution in [2.24, 2.45) is 5.41 Å². The molecule has 0 spiro atoms. The number of nitrogens with zero attached hydrogens (tertiary/aromatic N) is 3. The van der Waals surface area contributed by atoms with Crippen molar-refractivity contribution < 1.29 is 19.1 Å². The minimum atomic E-state index is -0.759. The van der Waals surface area contributed by atoms with Gasteiger partial charge in [-0.15, -0.1) is 0 Å². The highest BCUT2D eigenvalue weighted by Gasteiger charge is 2.35. The third-order valence-electron chi connectivity index (χ3n) is 5.77. The predicted octanol–water partition coefficient (Wildman–Crippen LogP) is 3.58. The summed E-state index contributed by atoms with van der Waals surface area (Å²) in [5, 5.41) is 5.51. The lowest BCUT2D eigenvalue weighted by atomic mass is 9.86. The average molecular weight is 484 g/mol. The minimum absolute atomic E-state index is 0.178. The van der Waals surface area contributed by atoms with E-state index in [1.807, 2.05) is 76.4 Å². The molecule has 0 bridgehead atoms. The molecule has 0 saturated heterocycles.